The molecule has 3 aromatic heterocycles. The Morgan fingerprint density at radius 3 is 2.67 bits per heavy atom. The van der Waals surface area contributed by atoms with Gasteiger partial charge in [0.25, 0.3) is 5.91 Å². The number of ether oxygens (including phenoxy) is 1. The topological polar surface area (TPSA) is 128 Å². The van der Waals surface area contributed by atoms with E-state index in [1.165, 1.54) is 18.3 Å². The molecule has 0 spiro atoms. The second-order valence-electron chi connectivity index (χ2n) is 11.3. The van der Waals surface area contributed by atoms with Gasteiger partial charge in [-0.05, 0) is 74.4 Å². The van der Waals surface area contributed by atoms with E-state index in [4.69, 9.17) is 27.1 Å². The van der Waals surface area contributed by atoms with Crippen LogP contribution in [0.2, 0.25) is 5.02 Å². The molecule has 2 aliphatic heterocycles. The summed E-state index contributed by atoms with van der Waals surface area (Å²) in [4.78, 5) is 35.7. The minimum Gasteiger partial charge on any atom is -0.423 e. The van der Waals surface area contributed by atoms with Crippen LogP contribution in [0.15, 0.2) is 42.7 Å². The molecule has 1 saturated carbocycles. The SMILES string of the molecule is NC(=O)c1c(CC2CC2)nc2c(cnn2CCC2CCN2)c1-c1ccc2c(c1)OC(F)(F)C(=O)N2Cc1ccc(Cl)cn1. The highest BCUT2D eigenvalue weighted by atomic mass is 35.5. The molecule has 13 heteroatoms. The molecule has 4 aromatic rings. The van der Waals surface area contributed by atoms with Crippen LogP contribution in [0, 0.1) is 5.92 Å². The Bertz CT molecular complexity index is 1750. The van der Waals surface area contributed by atoms with E-state index in [-0.39, 0.29) is 23.5 Å². The Morgan fingerprint density at radius 1 is 1.19 bits per heavy atom. The summed E-state index contributed by atoms with van der Waals surface area (Å²) in [5.41, 5.74) is 8.75. The molecule has 2 amide bonds. The van der Waals surface area contributed by atoms with E-state index in [1.54, 1.807) is 24.4 Å². The van der Waals surface area contributed by atoms with Crippen LogP contribution in [0.3, 0.4) is 0 Å². The molecule has 1 unspecified atom stereocenters. The van der Waals surface area contributed by atoms with Crippen molar-refractivity contribution in [3.63, 3.8) is 0 Å². The number of aryl methyl sites for hydroxylation is 1. The smallest absolute Gasteiger partial charge is 0.423 e. The second-order valence-corrected chi connectivity index (χ2v) is 11.8. The molecule has 1 aromatic carbocycles. The predicted molar refractivity (Wildman–Crippen MR) is 155 cm³/mol. The number of primary amides is 1. The molecule has 2 fully saturated rings. The Labute approximate surface area is 250 Å². The van der Waals surface area contributed by atoms with Gasteiger partial charge in [0.15, 0.2) is 11.4 Å². The Morgan fingerprint density at radius 2 is 2.00 bits per heavy atom. The third-order valence-electron chi connectivity index (χ3n) is 8.28. The normalized spacial score (nSPS) is 19.2. The maximum Gasteiger partial charge on any atom is 0.482 e. The van der Waals surface area contributed by atoms with Crippen LogP contribution in [0.25, 0.3) is 22.2 Å². The number of hydrogen-bond acceptors (Lipinski definition) is 7. The summed E-state index contributed by atoms with van der Waals surface area (Å²) in [6.07, 6.45) is 3.52. The van der Waals surface area contributed by atoms with Gasteiger partial charge in [0, 0.05) is 29.7 Å². The molecule has 1 saturated heterocycles. The fraction of sp³-hybridized carbons (Fsp3) is 0.367. The third-order valence-corrected chi connectivity index (χ3v) is 8.50. The van der Waals surface area contributed by atoms with Gasteiger partial charge >= 0.3 is 12.0 Å². The summed E-state index contributed by atoms with van der Waals surface area (Å²) in [6.45, 7) is 1.41. The van der Waals surface area contributed by atoms with E-state index >= 15 is 0 Å². The molecule has 1 atom stereocenters. The predicted octanol–water partition coefficient (Wildman–Crippen LogP) is 4.47. The minimum absolute atomic E-state index is 0.143. The van der Waals surface area contributed by atoms with Crippen LogP contribution in [0.5, 0.6) is 5.75 Å². The number of carbonyl (C=O) groups excluding carboxylic acids is 2. The first kappa shape index (κ1) is 27.7. The van der Waals surface area contributed by atoms with Gasteiger partial charge in [0.05, 0.1) is 40.4 Å². The molecule has 10 nitrogen and oxygen atoms in total. The number of hydrogen-bond donors (Lipinski definition) is 2. The number of alkyl halides is 2. The number of anilines is 1. The van der Waals surface area contributed by atoms with Gasteiger partial charge in [-0.2, -0.15) is 13.9 Å². The van der Waals surface area contributed by atoms with Gasteiger partial charge < -0.3 is 15.8 Å². The summed E-state index contributed by atoms with van der Waals surface area (Å²) in [7, 11) is 0. The number of pyridine rings is 2. The lowest BCUT2D eigenvalue weighted by atomic mass is 9.93. The molecule has 0 bridgehead atoms. The van der Waals surface area contributed by atoms with E-state index in [9.17, 15) is 18.4 Å². The molecule has 3 aliphatic rings. The highest BCUT2D eigenvalue weighted by molar-refractivity contribution is 6.30. The number of nitrogens with one attached hydrogen (secondary N) is 1. The monoisotopic (exact) mass is 607 g/mol. The third kappa shape index (κ3) is 5.18. The highest BCUT2D eigenvalue weighted by Crippen LogP contribution is 2.44. The van der Waals surface area contributed by atoms with Crippen LogP contribution >= 0.6 is 11.6 Å². The lowest BCUT2D eigenvalue weighted by molar-refractivity contribution is -0.193. The average molecular weight is 608 g/mol. The van der Waals surface area contributed by atoms with E-state index in [1.807, 2.05) is 4.68 Å². The first-order valence-electron chi connectivity index (χ1n) is 14.2. The van der Waals surface area contributed by atoms with Gasteiger partial charge in [-0.15, -0.1) is 0 Å². The second kappa shape index (κ2) is 10.5. The molecule has 222 valence electrons. The molecular weight excluding hydrogens is 580 g/mol. The van der Waals surface area contributed by atoms with Gasteiger partial charge in [-0.1, -0.05) is 17.7 Å². The molecule has 7 rings (SSSR count). The maximum absolute atomic E-state index is 14.9. The number of nitrogens with two attached hydrogens (primary N) is 1. The summed E-state index contributed by atoms with van der Waals surface area (Å²) in [5.74, 6) is -2.00. The molecule has 0 radical (unpaired) electrons. The van der Waals surface area contributed by atoms with Crippen molar-refractivity contribution in [3.8, 4) is 16.9 Å². The van der Waals surface area contributed by atoms with Crippen LogP contribution in [0.4, 0.5) is 14.5 Å². The average Bonchev–Trinajstić information content (AvgIpc) is 3.67. The molecule has 3 N–H and O–H groups in total. The van der Waals surface area contributed by atoms with Crippen molar-refractivity contribution in [1.29, 1.82) is 0 Å². The summed E-state index contributed by atoms with van der Waals surface area (Å²) < 4.78 is 36.6. The number of fused-ring (bicyclic) bond motifs is 2. The zero-order valence-corrected chi connectivity index (χ0v) is 23.8. The van der Waals surface area contributed by atoms with Crippen molar-refractivity contribution in [1.82, 2.24) is 25.1 Å². The molecule has 5 heterocycles. The van der Waals surface area contributed by atoms with Crippen LogP contribution < -0.4 is 20.7 Å². The van der Waals surface area contributed by atoms with Gasteiger partial charge in [-0.25, -0.2) is 9.67 Å². The Hall–Kier alpha value is -4.16. The van der Waals surface area contributed by atoms with E-state index in [0.29, 0.717) is 63.5 Å². The van der Waals surface area contributed by atoms with Crippen LogP contribution in [0.1, 0.15) is 47.4 Å². The van der Waals surface area contributed by atoms with Crippen LogP contribution in [-0.2, 0) is 24.3 Å². The van der Waals surface area contributed by atoms with Crippen molar-refractivity contribution in [2.75, 3.05) is 11.4 Å². The zero-order chi connectivity index (χ0) is 29.9. The van der Waals surface area contributed by atoms with Crippen molar-refractivity contribution >= 4 is 40.1 Å². The number of carbonyl (C=O) groups is 2. The van der Waals surface area contributed by atoms with Crippen molar-refractivity contribution < 1.29 is 23.1 Å². The van der Waals surface area contributed by atoms with E-state index in [2.05, 4.69) is 15.4 Å². The fourth-order valence-corrected chi connectivity index (χ4v) is 5.83. The number of halogens is 3. The minimum atomic E-state index is -4.12. The van der Waals surface area contributed by atoms with Gasteiger partial charge in [0.1, 0.15) is 0 Å². The maximum atomic E-state index is 14.9. The summed E-state index contributed by atoms with van der Waals surface area (Å²) in [6, 6.07) is 8.15. The lowest BCUT2D eigenvalue weighted by Gasteiger charge is -2.33. The summed E-state index contributed by atoms with van der Waals surface area (Å²) in [5, 5.41) is 8.93. The summed E-state index contributed by atoms with van der Waals surface area (Å²) >= 11 is 5.92. The highest BCUT2D eigenvalue weighted by Gasteiger charge is 2.50. The number of amides is 2. The Kier molecular flexibility index (Phi) is 6.77. The van der Waals surface area contributed by atoms with Gasteiger partial charge in [-0.3, -0.25) is 19.5 Å². The standard InChI is InChI=1S/C30H28ClF2N7O3/c31-18-4-5-20(36-13-18)15-39-23-6-3-17(12-24(23)43-30(32,33)29(39)42)25-21-14-37-40(10-8-19-7-9-35-19)28(21)38-22(11-16-1-2-16)26(25)27(34)41/h3-6,12-14,16,19,35H,1-2,7-11,15H2,(H2,34,41). The van der Waals surface area contributed by atoms with Crippen molar-refractivity contribution in [2.45, 2.75) is 57.3 Å². The van der Waals surface area contributed by atoms with E-state index < -0.39 is 17.9 Å². The zero-order valence-electron chi connectivity index (χ0n) is 23.0. The number of benzene rings is 1. The molecule has 43 heavy (non-hydrogen) atoms. The first-order chi connectivity index (χ1) is 20.7. The largest absolute Gasteiger partial charge is 0.482 e. The fourth-order valence-electron chi connectivity index (χ4n) is 5.72. The number of rotatable bonds is 9. The van der Waals surface area contributed by atoms with Crippen LogP contribution in [-0.4, -0.2) is 50.3 Å². The molecular formula is C30H28ClF2N7O3. The van der Waals surface area contributed by atoms with Crippen molar-refractivity contribution in [3.05, 3.63) is 64.7 Å². The molecule has 1 aliphatic carbocycles. The number of nitrogens with zero attached hydrogens (tertiary/aromatic N) is 5. The first-order valence-corrected chi connectivity index (χ1v) is 14.6. The lowest BCUT2D eigenvalue weighted by Crippen LogP contribution is -2.50. The van der Waals surface area contributed by atoms with Gasteiger partial charge in [0.2, 0.25) is 0 Å². The van der Waals surface area contributed by atoms with Crippen molar-refractivity contribution in [2.24, 2.45) is 11.7 Å². The number of aromatic nitrogens is 4. The quantitative estimate of drug-likeness (QED) is 0.287. The Balaban J connectivity index is 1.35. The van der Waals surface area contributed by atoms with E-state index in [0.717, 1.165) is 37.1 Å².